The molecule has 0 aliphatic heterocycles. The van der Waals surface area contributed by atoms with Gasteiger partial charge in [0, 0.05) is 26.2 Å². The standard InChI is InChI=1S/C10H19BrN4O2S/c1-4-15-9(10(11)8(2)14-15)7-12-5-6-13-18(3,16)17/h12-13H,4-7H2,1-3H3. The number of hydrogen-bond donors (Lipinski definition) is 2. The van der Waals surface area contributed by atoms with E-state index in [1.54, 1.807) is 0 Å². The summed E-state index contributed by atoms with van der Waals surface area (Å²) in [5.74, 6) is 0. The fourth-order valence-electron chi connectivity index (χ4n) is 1.57. The Labute approximate surface area is 116 Å². The third-order valence-corrected chi connectivity index (χ3v) is 4.17. The molecule has 1 rings (SSSR count). The first kappa shape index (κ1) is 15.6. The van der Waals surface area contributed by atoms with Crippen LogP contribution in [-0.4, -0.2) is 37.5 Å². The Morgan fingerprint density at radius 3 is 2.61 bits per heavy atom. The van der Waals surface area contributed by atoms with Crippen molar-refractivity contribution < 1.29 is 8.42 Å². The molecular weight excluding hydrogens is 320 g/mol. The van der Waals surface area contributed by atoms with Crippen molar-refractivity contribution in [3.05, 3.63) is 15.9 Å². The molecule has 104 valence electrons. The molecule has 0 atom stereocenters. The van der Waals surface area contributed by atoms with Gasteiger partial charge in [0.25, 0.3) is 0 Å². The predicted molar refractivity (Wildman–Crippen MR) is 74.9 cm³/mol. The zero-order valence-electron chi connectivity index (χ0n) is 10.8. The number of hydrogen-bond acceptors (Lipinski definition) is 4. The van der Waals surface area contributed by atoms with Crippen molar-refractivity contribution in [3.8, 4) is 0 Å². The van der Waals surface area contributed by atoms with Crippen LogP contribution in [0.15, 0.2) is 4.47 Å². The first-order valence-corrected chi connectivity index (χ1v) is 8.40. The molecule has 0 spiro atoms. The summed E-state index contributed by atoms with van der Waals surface area (Å²) >= 11 is 3.51. The highest BCUT2D eigenvalue weighted by Crippen LogP contribution is 2.20. The lowest BCUT2D eigenvalue weighted by molar-refractivity contribution is 0.566. The van der Waals surface area contributed by atoms with E-state index in [4.69, 9.17) is 0 Å². The van der Waals surface area contributed by atoms with Crippen molar-refractivity contribution >= 4 is 26.0 Å². The Hall–Kier alpha value is -0.440. The maximum absolute atomic E-state index is 10.9. The third-order valence-electron chi connectivity index (χ3n) is 2.41. The number of aromatic nitrogens is 2. The van der Waals surface area contributed by atoms with E-state index in [1.807, 2.05) is 18.5 Å². The minimum Gasteiger partial charge on any atom is -0.310 e. The second-order valence-electron chi connectivity index (χ2n) is 4.01. The number of nitrogens with one attached hydrogen (secondary N) is 2. The second kappa shape index (κ2) is 6.65. The first-order chi connectivity index (χ1) is 8.35. The molecule has 0 aliphatic carbocycles. The second-order valence-corrected chi connectivity index (χ2v) is 6.63. The summed E-state index contributed by atoms with van der Waals surface area (Å²) in [6, 6.07) is 0. The van der Waals surface area contributed by atoms with Crippen LogP contribution in [-0.2, 0) is 23.1 Å². The summed E-state index contributed by atoms with van der Waals surface area (Å²) < 4.78 is 27.1. The maximum atomic E-state index is 10.9. The number of nitrogens with zero attached hydrogens (tertiary/aromatic N) is 2. The van der Waals surface area contributed by atoms with Crippen molar-refractivity contribution in [3.63, 3.8) is 0 Å². The van der Waals surface area contributed by atoms with Gasteiger partial charge < -0.3 is 5.32 Å². The molecule has 8 heteroatoms. The molecule has 18 heavy (non-hydrogen) atoms. The van der Waals surface area contributed by atoms with Gasteiger partial charge in [0.2, 0.25) is 10.0 Å². The van der Waals surface area contributed by atoms with Crippen molar-refractivity contribution in [1.82, 2.24) is 19.8 Å². The Morgan fingerprint density at radius 2 is 2.06 bits per heavy atom. The zero-order chi connectivity index (χ0) is 13.8. The number of halogens is 1. The predicted octanol–water partition coefficient (Wildman–Crippen LogP) is 0.613. The molecule has 0 radical (unpaired) electrons. The maximum Gasteiger partial charge on any atom is 0.208 e. The molecule has 2 N–H and O–H groups in total. The van der Waals surface area contributed by atoms with Gasteiger partial charge in [0.1, 0.15) is 0 Å². The van der Waals surface area contributed by atoms with E-state index in [0.717, 1.165) is 28.7 Å². The van der Waals surface area contributed by atoms with E-state index < -0.39 is 10.0 Å². The summed E-state index contributed by atoms with van der Waals surface area (Å²) in [5, 5.41) is 7.57. The molecule has 1 heterocycles. The molecule has 1 aromatic heterocycles. The average Bonchev–Trinajstić information content (AvgIpc) is 2.54. The minimum absolute atomic E-state index is 0.385. The molecule has 0 amide bonds. The van der Waals surface area contributed by atoms with Gasteiger partial charge >= 0.3 is 0 Å². The summed E-state index contributed by atoms with van der Waals surface area (Å²) in [5.41, 5.74) is 2.04. The fourth-order valence-corrected chi connectivity index (χ4v) is 2.47. The fraction of sp³-hybridized carbons (Fsp3) is 0.700. The molecule has 1 aromatic rings. The molecule has 0 aliphatic rings. The number of aryl methyl sites for hydroxylation is 2. The molecule has 0 aromatic carbocycles. The van der Waals surface area contributed by atoms with E-state index in [0.29, 0.717) is 19.6 Å². The number of sulfonamides is 1. The van der Waals surface area contributed by atoms with Crippen LogP contribution in [0.2, 0.25) is 0 Å². The summed E-state index contributed by atoms with van der Waals surface area (Å²) in [6.45, 7) is 6.41. The van der Waals surface area contributed by atoms with Crippen molar-refractivity contribution in [2.24, 2.45) is 0 Å². The van der Waals surface area contributed by atoms with Crippen LogP contribution >= 0.6 is 15.9 Å². The topological polar surface area (TPSA) is 76.0 Å². The van der Waals surface area contributed by atoms with Gasteiger partial charge in [-0.15, -0.1) is 0 Å². The van der Waals surface area contributed by atoms with Crippen molar-refractivity contribution in [2.45, 2.75) is 26.9 Å². The highest BCUT2D eigenvalue weighted by Gasteiger charge is 2.11. The average molecular weight is 339 g/mol. The largest absolute Gasteiger partial charge is 0.310 e. The zero-order valence-corrected chi connectivity index (χ0v) is 13.2. The van der Waals surface area contributed by atoms with E-state index >= 15 is 0 Å². The van der Waals surface area contributed by atoms with E-state index in [9.17, 15) is 8.42 Å². The van der Waals surface area contributed by atoms with Gasteiger partial charge in [-0.05, 0) is 29.8 Å². The lowest BCUT2D eigenvalue weighted by Gasteiger charge is -2.07. The summed E-state index contributed by atoms with van der Waals surface area (Å²) in [7, 11) is -3.10. The van der Waals surface area contributed by atoms with Crippen LogP contribution in [0.1, 0.15) is 18.3 Å². The third kappa shape index (κ3) is 4.68. The molecule has 0 bridgehead atoms. The Kier molecular flexibility index (Phi) is 5.77. The Morgan fingerprint density at radius 1 is 1.39 bits per heavy atom. The van der Waals surface area contributed by atoms with Gasteiger partial charge in [-0.2, -0.15) is 5.10 Å². The normalized spacial score (nSPS) is 12.0. The molecule has 0 fully saturated rings. The lowest BCUT2D eigenvalue weighted by Crippen LogP contribution is -2.31. The summed E-state index contributed by atoms with van der Waals surface area (Å²) in [6.07, 6.45) is 1.15. The van der Waals surface area contributed by atoms with Crippen molar-refractivity contribution in [2.75, 3.05) is 19.3 Å². The van der Waals surface area contributed by atoms with E-state index in [1.165, 1.54) is 0 Å². The van der Waals surface area contributed by atoms with Crippen LogP contribution in [0.25, 0.3) is 0 Å². The lowest BCUT2D eigenvalue weighted by atomic mass is 10.3. The molecule has 0 saturated heterocycles. The van der Waals surface area contributed by atoms with Crippen molar-refractivity contribution in [1.29, 1.82) is 0 Å². The Balaban J connectivity index is 2.44. The van der Waals surface area contributed by atoms with Gasteiger partial charge in [-0.1, -0.05) is 0 Å². The smallest absolute Gasteiger partial charge is 0.208 e. The summed E-state index contributed by atoms with van der Waals surface area (Å²) in [4.78, 5) is 0. The highest BCUT2D eigenvalue weighted by molar-refractivity contribution is 9.10. The van der Waals surface area contributed by atoms with Crippen LogP contribution in [0, 0.1) is 6.92 Å². The van der Waals surface area contributed by atoms with Gasteiger partial charge in [-0.3, -0.25) is 4.68 Å². The van der Waals surface area contributed by atoms with Crippen LogP contribution < -0.4 is 10.0 Å². The van der Waals surface area contributed by atoms with Crippen LogP contribution in [0.4, 0.5) is 0 Å². The number of rotatable bonds is 7. The first-order valence-electron chi connectivity index (χ1n) is 5.72. The molecule has 0 unspecified atom stereocenters. The Bertz CT molecular complexity index is 498. The van der Waals surface area contributed by atoms with Gasteiger partial charge in [0.05, 0.1) is 22.1 Å². The van der Waals surface area contributed by atoms with Gasteiger partial charge in [0.15, 0.2) is 0 Å². The molecule has 6 nitrogen and oxygen atoms in total. The quantitative estimate of drug-likeness (QED) is 0.714. The molecule has 0 saturated carbocycles. The molecular formula is C10H19BrN4O2S. The van der Waals surface area contributed by atoms with Gasteiger partial charge in [-0.25, -0.2) is 13.1 Å². The SMILES string of the molecule is CCn1nc(C)c(Br)c1CNCCNS(C)(=O)=O. The monoisotopic (exact) mass is 338 g/mol. The van der Waals surface area contributed by atoms with Crippen LogP contribution in [0.3, 0.4) is 0 Å². The van der Waals surface area contributed by atoms with E-state index in [-0.39, 0.29) is 0 Å². The highest BCUT2D eigenvalue weighted by atomic mass is 79.9. The van der Waals surface area contributed by atoms with Crippen LogP contribution in [0.5, 0.6) is 0 Å². The minimum atomic E-state index is -3.10. The van der Waals surface area contributed by atoms with E-state index in [2.05, 4.69) is 31.1 Å².